The SMILES string of the molecule is CCC(CC)(CCO)CNC(=O)c1cnc2cc(C)ccn2c1=O. The van der Waals surface area contributed by atoms with Crippen LogP contribution in [0.5, 0.6) is 0 Å². The summed E-state index contributed by atoms with van der Waals surface area (Å²) in [5.41, 5.74) is 1.02. The first-order valence-electron chi connectivity index (χ1n) is 8.33. The third-order valence-corrected chi connectivity index (χ3v) is 4.88. The zero-order valence-electron chi connectivity index (χ0n) is 14.5. The van der Waals surface area contributed by atoms with E-state index in [9.17, 15) is 14.7 Å². The van der Waals surface area contributed by atoms with E-state index in [2.05, 4.69) is 10.3 Å². The molecule has 0 atom stereocenters. The summed E-state index contributed by atoms with van der Waals surface area (Å²) in [6.07, 6.45) is 5.27. The molecule has 2 aromatic heterocycles. The Morgan fingerprint density at radius 3 is 2.71 bits per heavy atom. The van der Waals surface area contributed by atoms with Gasteiger partial charge in [-0.3, -0.25) is 14.0 Å². The summed E-state index contributed by atoms with van der Waals surface area (Å²) in [7, 11) is 0. The molecule has 0 saturated heterocycles. The Kier molecular flexibility index (Phi) is 5.72. The minimum absolute atomic E-state index is 0.0291. The lowest BCUT2D eigenvalue weighted by Gasteiger charge is -2.31. The van der Waals surface area contributed by atoms with Gasteiger partial charge < -0.3 is 10.4 Å². The molecular weight excluding hydrogens is 306 g/mol. The van der Waals surface area contributed by atoms with Gasteiger partial charge in [0.2, 0.25) is 0 Å². The van der Waals surface area contributed by atoms with Gasteiger partial charge in [-0.1, -0.05) is 13.8 Å². The van der Waals surface area contributed by atoms with Gasteiger partial charge in [-0.25, -0.2) is 4.98 Å². The van der Waals surface area contributed by atoms with Gasteiger partial charge in [-0.2, -0.15) is 0 Å². The number of aryl methyl sites for hydroxylation is 1. The first-order valence-corrected chi connectivity index (χ1v) is 8.33. The number of nitrogens with one attached hydrogen (secondary N) is 1. The van der Waals surface area contributed by atoms with Crippen LogP contribution in [0.25, 0.3) is 5.65 Å². The van der Waals surface area contributed by atoms with Gasteiger partial charge >= 0.3 is 0 Å². The Morgan fingerprint density at radius 1 is 1.38 bits per heavy atom. The Morgan fingerprint density at radius 2 is 2.08 bits per heavy atom. The summed E-state index contributed by atoms with van der Waals surface area (Å²) in [5, 5.41) is 12.1. The molecule has 0 fully saturated rings. The molecule has 0 saturated carbocycles. The predicted octanol–water partition coefficient (Wildman–Crippen LogP) is 1.92. The normalized spacial score (nSPS) is 11.7. The fraction of sp³-hybridized carbons (Fsp3) is 0.500. The summed E-state index contributed by atoms with van der Waals surface area (Å²) in [6, 6.07) is 3.60. The molecule has 0 aliphatic carbocycles. The Labute approximate surface area is 141 Å². The molecule has 0 aromatic carbocycles. The Balaban J connectivity index is 2.24. The first-order chi connectivity index (χ1) is 11.5. The van der Waals surface area contributed by atoms with E-state index in [0.717, 1.165) is 18.4 Å². The topological polar surface area (TPSA) is 83.7 Å². The van der Waals surface area contributed by atoms with Crippen LogP contribution in [-0.2, 0) is 0 Å². The molecule has 0 bridgehead atoms. The largest absolute Gasteiger partial charge is 0.396 e. The molecule has 0 aliphatic heterocycles. The molecular formula is C18H25N3O3. The van der Waals surface area contributed by atoms with E-state index in [4.69, 9.17) is 0 Å². The number of fused-ring (bicyclic) bond motifs is 1. The highest BCUT2D eigenvalue weighted by atomic mass is 16.3. The zero-order valence-corrected chi connectivity index (χ0v) is 14.5. The van der Waals surface area contributed by atoms with Gasteiger partial charge in [0.1, 0.15) is 11.2 Å². The summed E-state index contributed by atoms with van der Waals surface area (Å²) in [5.74, 6) is -0.424. The maximum absolute atomic E-state index is 12.5. The first kappa shape index (κ1) is 18.1. The number of hydrogen-bond acceptors (Lipinski definition) is 4. The third kappa shape index (κ3) is 3.64. The molecule has 0 radical (unpaired) electrons. The van der Waals surface area contributed by atoms with Crippen LogP contribution in [0, 0.1) is 12.3 Å². The summed E-state index contributed by atoms with van der Waals surface area (Å²) < 4.78 is 1.38. The Bertz CT molecular complexity index is 779. The number of carbonyl (C=O) groups is 1. The van der Waals surface area contributed by atoms with Crippen molar-refractivity contribution < 1.29 is 9.90 Å². The number of hydrogen-bond donors (Lipinski definition) is 2. The number of nitrogens with zero attached hydrogens (tertiary/aromatic N) is 2. The molecule has 2 aromatic rings. The fourth-order valence-corrected chi connectivity index (χ4v) is 2.87. The quantitative estimate of drug-likeness (QED) is 0.812. The van der Waals surface area contributed by atoms with Crippen molar-refractivity contribution in [3.63, 3.8) is 0 Å². The molecule has 24 heavy (non-hydrogen) atoms. The van der Waals surface area contributed by atoms with E-state index >= 15 is 0 Å². The number of aliphatic hydroxyl groups is 1. The molecule has 1 amide bonds. The molecule has 0 unspecified atom stereocenters. The van der Waals surface area contributed by atoms with E-state index in [1.807, 2.05) is 20.8 Å². The van der Waals surface area contributed by atoms with Gasteiger partial charge in [0.05, 0.1) is 0 Å². The minimum atomic E-state index is -0.424. The minimum Gasteiger partial charge on any atom is -0.396 e. The fourth-order valence-electron chi connectivity index (χ4n) is 2.87. The van der Waals surface area contributed by atoms with Gasteiger partial charge in [0, 0.05) is 25.5 Å². The van der Waals surface area contributed by atoms with Crippen molar-refractivity contribution in [2.75, 3.05) is 13.2 Å². The van der Waals surface area contributed by atoms with Crippen LogP contribution < -0.4 is 10.9 Å². The predicted molar refractivity (Wildman–Crippen MR) is 93.3 cm³/mol. The monoisotopic (exact) mass is 331 g/mol. The van der Waals surface area contributed by atoms with Crippen LogP contribution in [0.15, 0.2) is 29.3 Å². The molecule has 130 valence electrons. The molecule has 6 heteroatoms. The maximum atomic E-state index is 12.5. The van der Waals surface area contributed by atoms with Crippen LogP contribution in [0.1, 0.15) is 49.0 Å². The average Bonchev–Trinajstić information content (AvgIpc) is 2.58. The lowest BCUT2D eigenvalue weighted by atomic mass is 9.79. The highest BCUT2D eigenvalue weighted by Crippen LogP contribution is 2.29. The van der Waals surface area contributed by atoms with Crippen LogP contribution in [0.4, 0.5) is 0 Å². The second-order valence-electron chi connectivity index (χ2n) is 6.27. The molecule has 2 heterocycles. The second-order valence-corrected chi connectivity index (χ2v) is 6.27. The van der Waals surface area contributed by atoms with E-state index in [-0.39, 0.29) is 23.1 Å². The molecule has 0 spiro atoms. The van der Waals surface area contributed by atoms with Gasteiger partial charge in [0.25, 0.3) is 11.5 Å². The summed E-state index contributed by atoms with van der Waals surface area (Å²) in [6.45, 7) is 6.51. The van der Waals surface area contributed by atoms with E-state index < -0.39 is 5.91 Å². The molecule has 2 N–H and O–H groups in total. The number of carbonyl (C=O) groups excluding carboxylic acids is 1. The van der Waals surface area contributed by atoms with Crippen molar-refractivity contribution in [2.24, 2.45) is 5.41 Å². The highest BCUT2D eigenvalue weighted by molar-refractivity contribution is 5.93. The van der Waals surface area contributed by atoms with Crippen LogP contribution in [0.3, 0.4) is 0 Å². The molecule has 2 rings (SSSR count). The standard InChI is InChI=1S/C18H25N3O3/c1-4-18(5-2,7-9-22)12-20-16(23)14-11-19-15-10-13(3)6-8-21(15)17(14)24/h6,8,10-11,22H,4-5,7,9,12H2,1-3H3,(H,20,23). The highest BCUT2D eigenvalue weighted by Gasteiger charge is 2.26. The average molecular weight is 331 g/mol. The molecule has 0 aliphatic rings. The van der Waals surface area contributed by atoms with Crippen molar-refractivity contribution in [3.8, 4) is 0 Å². The van der Waals surface area contributed by atoms with Crippen LogP contribution in [0.2, 0.25) is 0 Å². The number of aliphatic hydroxyl groups excluding tert-OH is 1. The van der Waals surface area contributed by atoms with E-state index in [1.165, 1.54) is 10.6 Å². The lowest BCUT2D eigenvalue weighted by Crippen LogP contribution is -2.40. The summed E-state index contributed by atoms with van der Waals surface area (Å²) in [4.78, 5) is 29.1. The summed E-state index contributed by atoms with van der Waals surface area (Å²) >= 11 is 0. The van der Waals surface area contributed by atoms with Gasteiger partial charge in [0.15, 0.2) is 0 Å². The number of amides is 1. The van der Waals surface area contributed by atoms with Crippen molar-refractivity contribution in [2.45, 2.75) is 40.0 Å². The van der Waals surface area contributed by atoms with Gasteiger partial charge in [-0.15, -0.1) is 0 Å². The number of pyridine rings is 1. The lowest BCUT2D eigenvalue weighted by molar-refractivity contribution is 0.0905. The van der Waals surface area contributed by atoms with Gasteiger partial charge in [-0.05, 0) is 49.3 Å². The second kappa shape index (κ2) is 7.57. The number of rotatable bonds is 7. The van der Waals surface area contributed by atoms with Crippen molar-refractivity contribution >= 4 is 11.6 Å². The number of aromatic nitrogens is 2. The maximum Gasteiger partial charge on any atom is 0.270 e. The van der Waals surface area contributed by atoms with Crippen LogP contribution >= 0.6 is 0 Å². The van der Waals surface area contributed by atoms with Crippen molar-refractivity contribution in [1.82, 2.24) is 14.7 Å². The smallest absolute Gasteiger partial charge is 0.270 e. The van der Waals surface area contributed by atoms with E-state index in [0.29, 0.717) is 18.6 Å². The Hall–Kier alpha value is -2.21. The van der Waals surface area contributed by atoms with Crippen molar-refractivity contribution in [1.29, 1.82) is 0 Å². The van der Waals surface area contributed by atoms with Crippen LogP contribution in [-0.4, -0.2) is 33.6 Å². The van der Waals surface area contributed by atoms with E-state index in [1.54, 1.807) is 18.3 Å². The zero-order chi connectivity index (χ0) is 17.7. The third-order valence-electron chi connectivity index (χ3n) is 4.88. The molecule has 6 nitrogen and oxygen atoms in total. The van der Waals surface area contributed by atoms with Crippen molar-refractivity contribution in [3.05, 3.63) is 46.0 Å².